The number of carbonyl (C=O) groups is 1. The molecular weight excluding hydrogens is 212 g/mol. The molecule has 0 aliphatic carbocycles. The van der Waals surface area contributed by atoms with Gasteiger partial charge in [0, 0.05) is 5.57 Å². The first-order valence-electron chi connectivity index (χ1n) is 7.06. The van der Waals surface area contributed by atoms with E-state index in [2.05, 4.69) is 13.8 Å². The molecule has 0 N–H and O–H groups in total. The summed E-state index contributed by atoms with van der Waals surface area (Å²) in [4.78, 5) is 11.5. The molecule has 0 atom stereocenters. The van der Waals surface area contributed by atoms with Gasteiger partial charge in [0.1, 0.15) is 0 Å². The molecule has 100 valence electrons. The number of carbonyl (C=O) groups excluding carboxylic acids is 1. The average molecular weight is 240 g/mol. The number of rotatable bonds is 10. The lowest BCUT2D eigenvalue weighted by atomic mass is 10.1. The summed E-state index contributed by atoms with van der Waals surface area (Å²) >= 11 is 0. The minimum absolute atomic E-state index is 0.141. The van der Waals surface area contributed by atoms with Gasteiger partial charge >= 0.3 is 5.97 Å². The van der Waals surface area contributed by atoms with Crippen LogP contribution in [-0.4, -0.2) is 12.6 Å². The second-order valence-electron chi connectivity index (χ2n) is 4.58. The van der Waals surface area contributed by atoms with Gasteiger partial charge in [-0.05, 0) is 26.2 Å². The van der Waals surface area contributed by atoms with Crippen LogP contribution in [0.25, 0.3) is 0 Å². The fourth-order valence-corrected chi connectivity index (χ4v) is 1.60. The van der Waals surface area contributed by atoms with Gasteiger partial charge in [0.2, 0.25) is 0 Å². The van der Waals surface area contributed by atoms with Crippen molar-refractivity contribution in [1.29, 1.82) is 0 Å². The first-order valence-corrected chi connectivity index (χ1v) is 7.06. The van der Waals surface area contributed by atoms with Gasteiger partial charge in [-0.3, -0.25) is 0 Å². The van der Waals surface area contributed by atoms with Gasteiger partial charge in [0.25, 0.3) is 0 Å². The van der Waals surface area contributed by atoms with Crippen molar-refractivity contribution < 1.29 is 9.53 Å². The van der Waals surface area contributed by atoms with Crippen LogP contribution < -0.4 is 0 Å². The lowest BCUT2D eigenvalue weighted by Crippen LogP contribution is -2.07. The van der Waals surface area contributed by atoms with E-state index in [0.29, 0.717) is 6.61 Å². The number of unbranched alkanes of at least 4 members (excludes halogenated alkanes) is 6. The Balaban J connectivity index is 3.59. The van der Waals surface area contributed by atoms with Crippen molar-refractivity contribution in [3.63, 3.8) is 0 Å². The highest BCUT2D eigenvalue weighted by Gasteiger charge is 2.04. The molecule has 0 heterocycles. The van der Waals surface area contributed by atoms with Gasteiger partial charge in [-0.1, -0.05) is 52.0 Å². The lowest BCUT2D eigenvalue weighted by molar-refractivity contribution is -0.139. The molecule has 0 bridgehead atoms. The maximum absolute atomic E-state index is 11.5. The number of hydrogen-bond donors (Lipinski definition) is 0. The van der Waals surface area contributed by atoms with E-state index >= 15 is 0 Å². The fraction of sp³-hybridized carbons (Fsp3) is 0.800. The highest BCUT2D eigenvalue weighted by molar-refractivity contribution is 5.87. The zero-order valence-corrected chi connectivity index (χ0v) is 11.8. The summed E-state index contributed by atoms with van der Waals surface area (Å²) in [5, 5.41) is 0. The third-order valence-corrected chi connectivity index (χ3v) is 2.81. The topological polar surface area (TPSA) is 26.3 Å². The Bertz CT molecular complexity index is 219. The van der Waals surface area contributed by atoms with Crippen LogP contribution in [0.3, 0.4) is 0 Å². The van der Waals surface area contributed by atoms with E-state index in [1.54, 1.807) is 0 Å². The Morgan fingerprint density at radius 1 is 1.00 bits per heavy atom. The molecule has 0 amide bonds. The largest absolute Gasteiger partial charge is 0.462 e. The Morgan fingerprint density at radius 3 is 2.29 bits per heavy atom. The summed E-state index contributed by atoms with van der Waals surface area (Å²) in [6, 6.07) is 0. The van der Waals surface area contributed by atoms with Gasteiger partial charge in [-0.25, -0.2) is 4.79 Å². The SMILES string of the molecule is CCCCCC=C(C)C(=O)OCCCCCC. The standard InChI is InChI=1S/C15H28O2/c1-4-6-8-10-12-14(3)15(16)17-13-11-9-7-5-2/h12H,4-11,13H2,1-3H3. The first-order chi connectivity index (χ1) is 8.22. The van der Waals surface area contributed by atoms with Crippen LogP contribution in [0.4, 0.5) is 0 Å². The molecule has 0 saturated heterocycles. The predicted molar refractivity (Wildman–Crippen MR) is 73.0 cm³/mol. The molecule has 0 aromatic heterocycles. The molecule has 0 aliphatic rings. The van der Waals surface area contributed by atoms with Crippen LogP contribution in [0.5, 0.6) is 0 Å². The molecular formula is C15H28O2. The molecule has 0 fully saturated rings. The molecule has 0 aliphatic heterocycles. The van der Waals surface area contributed by atoms with Crippen LogP contribution in [-0.2, 0) is 9.53 Å². The molecule has 0 spiro atoms. The minimum Gasteiger partial charge on any atom is -0.462 e. The van der Waals surface area contributed by atoms with Crippen LogP contribution in [0.1, 0.15) is 72.1 Å². The zero-order chi connectivity index (χ0) is 12.9. The van der Waals surface area contributed by atoms with Crippen LogP contribution >= 0.6 is 0 Å². The van der Waals surface area contributed by atoms with E-state index in [1.165, 1.54) is 25.7 Å². The van der Waals surface area contributed by atoms with Crippen LogP contribution in [0, 0.1) is 0 Å². The summed E-state index contributed by atoms with van der Waals surface area (Å²) in [6.45, 7) is 6.77. The molecule has 17 heavy (non-hydrogen) atoms. The fourth-order valence-electron chi connectivity index (χ4n) is 1.60. The van der Waals surface area contributed by atoms with E-state index in [4.69, 9.17) is 4.74 Å². The predicted octanol–water partition coefficient (Wildman–Crippen LogP) is 4.64. The first kappa shape index (κ1) is 16.2. The minimum atomic E-state index is -0.141. The highest BCUT2D eigenvalue weighted by Crippen LogP contribution is 2.06. The summed E-state index contributed by atoms with van der Waals surface area (Å²) in [5.74, 6) is -0.141. The van der Waals surface area contributed by atoms with Gasteiger partial charge in [0.15, 0.2) is 0 Å². The van der Waals surface area contributed by atoms with Crippen molar-refractivity contribution in [1.82, 2.24) is 0 Å². The average Bonchev–Trinajstić information content (AvgIpc) is 2.34. The van der Waals surface area contributed by atoms with Crippen molar-refractivity contribution in [2.45, 2.75) is 72.1 Å². The van der Waals surface area contributed by atoms with Crippen LogP contribution in [0.2, 0.25) is 0 Å². The van der Waals surface area contributed by atoms with Crippen LogP contribution in [0.15, 0.2) is 11.6 Å². The Hall–Kier alpha value is -0.790. The van der Waals surface area contributed by atoms with Gasteiger partial charge in [-0.2, -0.15) is 0 Å². The second kappa shape index (κ2) is 11.7. The Labute approximate surface area is 106 Å². The smallest absolute Gasteiger partial charge is 0.333 e. The summed E-state index contributed by atoms with van der Waals surface area (Å²) < 4.78 is 5.20. The molecule has 0 aromatic carbocycles. The normalized spacial score (nSPS) is 11.6. The Morgan fingerprint density at radius 2 is 1.65 bits per heavy atom. The summed E-state index contributed by atoms with van der Waals surface area (Å²) in [5.41, 5.74) is 0.761. The Kier molecular flexibility index (Phi) is 11.1. The summed E-state index contributed by atoms with van der Waals surface area (Å²) in [6.07, 6.45) is 11.2. The monoisotopic (exact) mass is 240 g/mol. The zero-order valence-electron chi connectivity index (χ0n) is 11.8. The van der Waals surface area contributed by atoms with Crippen molar-refractivity contribution in [2.75, 3.05) is 6.61 Å². The van der Waals surface area contributed by atoms with Crippen molar-refractivity contribution in [3.05, 3.63) is 11.6 Å². The number of ether oxygens (including phenoxy) is 1. The van der Waals surface area contributed by atoms with Gasteiger partial charge < -0.3 is 4.74 Å². The second-order valence-corrected chi connectivity index (χ2v) is 4.58. The third kappa shape index (κ3) is 10.1. The molecule has 0 rings (SSSR count). The van der Waals surface area contributed by atoms with E-state index in [1.807, 2.05) is 13.0 Å². The maximum atomic E-state index is 11.5. The molecule has 0 unspecified atom stereocenters. The van der Waals surface area contributed by atoms with Crippen molar-refractivity contribution in [3.8, 4) is 0 Å². The maximum Gasteiger partial charge on any atom is 0.333 e. The van der Waals surface area contributed by atoms with Crippen molar-refractivity contribution in [2.24, 2.45) is 0 Å². The number of allylic oxidation sites excluding steroid dienone is 1. The van der Waals surface area contributed by atoms with Gasteiger partial charge in [-0.15, -0.1) is 0 Å². The van der Waals surface area contributed by atoms with E-state index < -0.39 is 0 Å². The summed E-state index contributed by atoms with van der Waals surface area (Å²) in [7, 11) is 0. The van der Waals surface area contributed by atoms with E-state index in [0.717, 1.165) is 31.3 Å². The number of esters is 1. The van der Waals surface area contributed by atoms with E-state index in [-0.39, 0.29) is 5.97 Å². The molecule has 2 nitrogen and oxygen atoms in total. The molecule has 0 radical (unpaired) electrons. The number of hydrogen-bond acceptors (Lipinski definition) is 2. The third-order valence-electron chi connectivity index (χ3n) is 2.81. The van der Waals surface area contributed by atoms with Crippen molar-refractivity contribution >= 4 is 5.97 Å². The van der Waals surface area contributed by atoms with E-state index in [9.17, 15) is 4.79 Å². The molecule has 0 aromatic rings. The quantitative estimate of drug-likeness (QED) is 0.316. The molecule has 2 heteroatoms. The molecule has 0 saturated carbocycles. The lowest BCUT2D eigenvalue weighted by Gasteiger charge is -2.04. The van der Waals surface area contributed by atoms with Gasteiger partial charge in [0.05, 0.1) is 6.61 Å². The highest BCUT2D eigenvalue weighted by atomic mass is 16.5.